The average Bonchev–Trinajstić information content (AvgIpc) is 2.48. The van der Waals surface area contributed by atoms with E-state index in [1.807, 2.05) is 0 Å². The summed E-state index contributed by atoms with van der Waals surface area (Å²) in [4.78, 5) is 0. The van der Waals surface area contributed by atoms with Crippen LogP contribution in [0.1, 0.15) is 6.92 Å². The van der Waals surface area contributed by atoms with Gasteiger partial charge in [0.2, 0.25) is 5.79 Å². The highest BCUT2D eigenvalue weighted by Gasteiger charge is 2.40. The third-order valence-corrected chi connectivity index (χ3v) is 1.92. The first-order chi connectivity index (χ1) is 5.64. The first-order valence-corrected chi connectivity index (χ1v) is 3.78. The van der Waals surface area contributed by atoms with E-state index in [4.69, 9.17) is 14.2 Å². The van der Waals surface area contributed by atoms with Crippen molar-refractivity contribution in [3.05, 3.63) is 12.2 Å². The van der Waals surface area contributed by atoms with Gasteiger partial charge in [-0.2, -0.15) is 0 Å². The van der Waals surface area contributed by atoms with Crippen LogP contribution in [0, 0.1) is 0 Å². The van der Waals surface area contributed by atoms with Gasteiger partial charge in [0.25, 0.3) is 0 Å². The predicted molar refractivity (Wildman–Crippen MR) is 42.4 cm³/mol. The zero-order valence-electron chi connectivity index (χ0n) is 7.48. The number of aliphatic hydroxyl groups excluding tert-OH is 1. The number of aliphatic hydroxyl groups is 1. The molecule has 1 aliphatic heterocycles. The molecule has 0 aromatic carbocycles. The van der Waals surface area contributed by atoms with Crippen LogP contribution in [0.25, 0.3) is 0 Å². The summed E-state index contributed by atoms with van der Waals surface area (Å²) in [5.74, 6) is -1.04. The molecule has 12 heavy (non-hydrogen) atoms. The molecule has 2 unspecified atom stereocenters. The van der Waals surface area contributed by atoms with Crippen LogP contribution in [0.3, 0.4) is 0 Å². The Kier molecular flexibility index (Phi) is 2.85. The van der Waals surface area contributed by atoms with Crippen molar-refractivity contribution in [2.75, 3.05) is 14.2 Å². The fourth-order valence-electron chi connectivity index (χ4n) is 1.12. The zero-order valence-corrected chi connectivity index (χ0v) is 7.48. The van der Waals surface area contributed by atoms with E-state index in [0.29, 0.717) is 0 Å². The Morgan fingerprint density at radius 1 is 1.58 bits per heavy atom. The summed E-state index contributed by atoms with van der Waals surface area (Å²) in [7, 11) is 3.01. The van der Waals surface area contributed by atoms with E-state index in [-0.39, 0.29) is 0 Å². The number of hydrogen-bond donors (Lipinski definition) is 1. The molecule has 0 saturated carbocycles. The van der Waals surface area contributed by atoms with Crippen LogP contribution in [0.5, 0.6) is 0 Å². The average molecular weight is 174 g/mol. The van der Waals surface area contributed by atoms with Crippen molar-refractivity contribution in [2.24, 2.45) is 0 Å². The molecule has 1 aliphatic rings. The number of ether oxygens (including phenoxy) is 3. The Hall–Kier alpha value is -0.420. The molecule has 0 radical (unpaired) electrons. The smallest absolute Gasteiger partial charge is 0.217 e. The van der Waals surface area contributed by atoms with Gasteiger partial charge in [-0.25, -0.2) is 0 Å². The molecule has 1 rings (SSSR count). The summed E-state index contributed by atoms with van der Waals surface area (Å²) in [6.45, 7) is 1.60. The van der Waals surface area contributed by atoms with Crippen molar-refractivity contribution in [3.63, 3.8) is 0 Å². The van der Waals surface area contributed by atoms with Gasteiger partial charge in [-0.05, 0) is 19.1 Å². The molecule has 3 atom stereocenters. The zero-order chi connectivity index (χ0) is 9.19. The van der Waals surface area contributed by atoms with Gasteiger partial charge in [0.05, 0.1) is 0 Å². The normalized spacial score (nSPS) is 37.2. The topological polar surface area (TPSA) is 47.9 Å². The lowest BCUT2D eigenvalue weighted by Gasteiger charge is -2.29. The minimum atomic E-state index is -1.04. The first-order valence-electron chi connectivity index (χ1n) is 3.78. The maximum absolute atomic E-state index is 9.36. The summed E-state index contributed by atoms with van der Waals surface area (Å²) in [6, 6.07) is 0. The van der Waals surface area contributed by atoms with E-state index < -0.39 is 18.2 Å². The predicted octanol–water partition coefficient (Wildman–Crippen LogP) is 0.269. The summed E-state index contributed by atoms with van der Waals surface area (Å²) >= 11 is 0. The summed E-state index contributed by atoms with van der Waals surface area (Å²) in [5, 5.41) is 9.36. The third-order valence-electron chi connectivity index (χ3n) is 1.92. The molecule has 0 aromatic heterocycles. The lowest BCUT2D eigenvalue weighted by molar-refractivity contribution is -0.275. The fourth-order valence-corrected chi connectivity index (χ4v) is 1.12. The second-order valence-corrected chi connectivity index (χ2v) is 2.68. The van der Waals surface area contributed by atoms with Crippen molar-refractivity contribution in [1.29, 1.82) is 0 Å². The van der Waals surface area contributed by atoms with Gasteiger partial charge < -0.3 is 19.3 Å². The van der Waals surface area contributed by atoms with Gasteiger partial charge >= 0.3 is 0 Å². The summed E-state index contributed by atoms with van der Waals surface area (Å²) < 4.78 is 15.3. The molecule has 0 bridgehead atoms. The van der Waals surface area contributed by atoms with E-state index in [0.717, 1.165) is 0 Å². The molecule has 0 fully saturated rings. The summed E-state index contributed by atoms with van der Waals surface area (Å²) in [6.07, 6.45) is 2.21. The SMILES string of the molecule is COC1C=C[C@](OC)(C(C)O)O1. The van der Waals surface area contributed by atoms with E-state index in [1.165, 1.54) is 14.2 Å². The minimum absolute atomic E-state index is 0.431. The van der Waals surface area contributed by atoms with Crippen LogP contribution in [-0.2, 0) is 14.2 Å². The van der Waals surface area contributed by atoms with Crippen LogP contribution in [0.2, 0.25) is 0 Å². The molecule has 1 heterocycles. The maximum Gasteiger partial charge on any atom is 0.217 e. The Labute approximate surface area is 71.7 Å². The first kappa shape index (κ1) is 9.67. The molecule has 1 N–H and O–H groups in total. The van der Waals surface area contributed by atoms with Gasteiger partial charge in [-0.15, -0.1) is 0 Å². The second-order valence-electron chi connectivity index (χ2n) is 2.68. The molecule has 0 aliphatic carbocycles. The van der Waals surface area contributed by atoms with Crippen molar-refractivity contribution < 1.29 is 19.3 Å². The second kappa shape index (κ2) is 3.53. The van der Waals surface area contributed by atoms with Crippen LogP contribution >= 0.6 is 0 Å². The van der Waals surface area contributed by atoms with Crippen LogP contribution in [0.15, 0.2) is 12.2 Å². The molecule has 70 valence electrons. The number of methoxy groups -OCH3 is 2. The van der Waals surface area contributed by atoms with Gasteiger partial charge in [-0.1, -0.05) is 0 Å². The van der Waals surface area contributed by atoms with Crippen molar-refractivity contribution in [3.8, 4) is 0 Å². The minimum Gasteiger partial charge on any atom is -0.387 e. The highest BCUT2D eigenvalue weighted by atomic mass is 16.8. The molecule has 0 saturated heterocycles. The third kappa shape index (κ3) is 1.51. The lowest BCUT2D eigenvalue weighted by Crippen LogP contribution is -2.42. The van der Waals surface area contributed by atoms with Crippen molar-refractivity contribution in [1.82, 2.24) is 0 Å². The fraction of sp³-hybridized carbons (Fsp3) is 0.750. The molecular weight excluding hydrogens is 160 g/mol. The quantitative estimate of drug-likeness (QED) is 0.624. The monoisotopic (exact) mass is 174 g/mol. The number of hydrogen-bond acceptors (Lipinski definition) is 4. The number of rotatable bonds is 3. The molecule has 4 nitrogen and oxygen atoms in total. The van der Waals surface area contributed by atoms with Crippen LogP contribution < -0.4 is 0 Å². The van der Waals surface area contributed by atoms with E-state index in [9.17, 15) is 5.11 Å². The molecule has 0 amide bonds. The molecule has 4 heteroatoms. The standard InChI is InChI=1S/C8H14O4/c1-6(9)8(11-3)5-4-7(10-2)12-8/h4-7,9H,1-3H3/t6?,7?,8-/m1/s1. The van der Waals surface area contributed by atoms with Crippen LogP contribution in [-0.4, -0.2) is 37.5 Å². The van der Waals surface area contributed by atoms with E-state index in [2.05, 4.69) is 0 Å². The Morgan fingerprint density at radius 2 is 2.25 bits per heavy atom. The Balaban J connectivity index is 2.68. The van der Waals surface area contributed by atoms with Crippen LogP contribution in [0.4, 0.5) is 0 Å². The molecule has 0 spiro atoms. The van der Waals surface area contributed by atoms with Gasteiger partial charge in [-0.3, -0.25) is 0 Å². The molecular formula is C8H14O4. The van der Waals surface area contributed by atoms with Gasteiger partial charge in [0.15, 0.2) is 6.29 Å². The van der Waals surface area contributed by atoms with Crippen molar-refractivity contribution in [2.45, 2.75) is 25.1 Å². The van der Waals surface area contributed by atoms with Gasteiger partial charge in [0, 0.05) is 14.2 Å². The Morgan fingerprint density at radius 3 is 2.50 bits per heavy atom. The summed E-state index contributed by atoms with van der Waals surface area (Å²) in [5.41, 5.74) is 0. The van der Waals surface area contributed by atoms with E-state index >= 15 is 0 Å². The van der Waals surface area contributed by atoms with Crippen molar-refractivity contribution >= 4 is 0 Å². The lowest BCUT2D eigenvalue weighted by atomic mass is 10.2. The Bertz CT molecular complexity index is 178. The largest absolute Gasteiger partial charge is 0.387 e. The highest BCUT2D eigenvalue weighted by molar-refractivity contribution is 5.07. The van der Waals surface area contributed by atoms with E-state index in [1.54, 1.807) is 19.1 Å². The van der Waals surface area contributed by atoms with Gasteiger partial charge in [0.1, 0.15) is 6.10 Å². The molecule has 0 aromatic rings. The highest BCUT2D eigenvalue weighted by Crippen LogP contribution is 2.27. The maximum atomic E-state index is 9.36.